The Labute approximate surface area is 82.3 Å². The number of H-pyrrole nitrogens is 1. The highest BCUT2D eigenvalue weighted by Gasteiger charge is 2.09. The second-order valence-corrected chi connectivity index (χ2v) is 3.37. The Balaban J connectivity index is 2.37. The van der Waals surface area contributed by atoms with Gasteiger partial charge in [0.15, 0.2) is 0 Å². The Morgan fingerprint density at radius 1 is 1.79 bits per heavy atom. The molecule has 5 nitrogen and oxygen atoms in total. The van der Waals surface area contributed by atoms with E-state index in [0.717, 1.165) is 11.4 Å². The number of carboxylic acids is 1. The van der Waals surface area contributed by atoms with Crippen molar-refractivity contribution in [3.8, 4) is 0 Å². The van der Waals surface area contributed by atoms with Gasteiger partial charge in [-0.25, -0.2) is 4.98 Å². The standard InChI is InChI=1S/C9H15N3O2/c1-6-8(12-5-11-6)4-7(10)2-3-9(13)14/h5,7H,2-4,10H2,1H3,(H,11,12)(H,13,14). The Morgan fingerprint density at radius 2 is 2.50 bits per heavy atom. The molecule has 0 fully saturated rings. The molecule has 0 saturated carbocycles. The van der Waals surface area contributed by atoms with Gasteiger partial charge in [0.25, 0.3) is 0 Å². The van der Waals surface area contributed by atoms with Gasteiger partial charge in [0.1, 0.15) is 0 Å². The fourth-order valence-electron chi connectivity index (χ4n) is 1.25. The molecule has 0 aliphatic rings. The number of carboxylic acid groups (broad SMARTS) is 1. The van der Waals surface area contributed by atoms with Gasteiger partial charge in [-0.1, -0.05) is 0 Å². The summed E-state index contributed by atoms with van der Waals surface area (Å²) in [5.74, 6) is -0.806. The normalized spacial score (nSPS) is 12.7. The molecule has 0 saturated heterocycles. The molecular weight excluding hydrogens is 182 g/mol. The number of aromatic nitrogens is 2. The van der Waals surface area contributed by atoms with Crippen LogP contribution in [0.25, 0.3) is 0 Å². The molecule has 1 heterocycles. The third-order valence-electron chi connectivity index (χ3n) is 2.12. The van der Waals surface area contributed by atoms with Gasteiger partial charge in [0.05, 0.1) is 12.0 Å². The summed E-state index contributed by atoms with van der Waals surface area (Å²) in [5.41, 5.74) is 7.68. The minimum Gasteiger partial charge on any atom is -0.481 e. The van der Waals surface area contributed by atoms with E-state index in [4.69, 9.17) is 10.8 Å². The van der Waals surface area contributed by atoms with Crippen LogP contribution >= 0.6 is 0 Å². The van der Waals surface area contributed by atoms with Crippen molar-refractivity contribution in [3.63, 3.8) is 0 Å². The van der Waals surface area contributed by atoms with E-state index in [9.17, 15) is 4.79 Å². The van der Waals surface area contributed by atoms with Crippen LogP contribution in [-0.4, -0.2) is 27.1 Å². The second-order valence-electron chi connectivity index (χ2n) is 3.37. The summed E-state index contributed by atoms with van der Waals surface area (Å²) in [4.78, 5) is 17.4. The number of nitrogens with zero attached hydrogens (tertiary/aromatic N) is 1. The maximum Gasteiger partial charge on any atom is 0.303 e. The number of aromatic amines is 1. The van der Waals surface area contributed by atoms with Crippen LogP contribution in [0.15, 0.2) is 6.33 Å². The number of hydrogen-bond donors (Lipinski definition) is 3. The van der Waals surface area contributed by atoms with Crippen molar-refractivity contribution in [1.29, 1.82) is 0 Å². The van der Waals surface area contributed by atoms with Gasteiger partial charge in [-0.05, 0) is 13.3 Å². The van der Waals surface area contributed by atoms with Gasteiger partial charge < -0.3 is 15.8 Å². The smallest absolute Gasteiger partial charge is 0.303 e. The summed E-state index contributed by atoms with van der Waals surface area (Å²) in [6.07, 6.45) is 2.85. The first-order chi connectivity index (χ1) is 6.59. The molecule has 0 radical (unpaired) electrons. The van der Waals surface area contributed by atoms with Crippen LogP contribution in [0.2, 0.25) is 0 Å². The van der Waals surface area contributed by atoms with Gasteiger partial charge in [-0.3, -0.25) is 4.79 Å². The number of nitrogens with one attached hydrogen (secondary N) is 1. The molecule has 0 spiro atoms. The van der Waals surface area contributed by atoms with Crippen molar-refractivity contribution in [2.24, 2.45) is 5.73 Å². The second kappa shape index (κ2) is 4.76. The van der Waals surface area contributed by atoms with Crippen molar-refractivity contribution in [2.45, 2.75) is 32.2 Å². The summed E-state index contributed by atoms with van der Waals surface area (Å²) in [5, 5.41) is 8.47. The molecule has 0 aliphatic carbocycles. The SMILES string of the molecule is Cc1[nH]cnc1CC(N)CCC(=O)O. The van der Waals surface area contributed by atoms with E-state index in [1.807, 2.05) is 6.92 Å². The largest absolute Gasteiger partial charge is 0.481 e. The van der Waals surface area contributed by atoms with E-state index in [0.29, 0.717) is 12.8 Å². The highest BCUT2D eigenvalue weighted by atomic mass is 16.4. The van der Waals surface area contributed by atoms with Crippen molar-refractivity contribution < 1.29 is 9.90 Å². The molecule has 1 rings (SSSR count). The molecule has 0 amide bonds. The summed E-state index contributed by atoms with van der Waals surface area (Å²) in [7, 11) is 0. The summed E-state index contributed by atoms with van der Waals surface area (Å²) >= 11 is 0. The lowest BCUT2D eigenvalue weighted by atomic mass is 10.1. The number of aryl methyl sites for hydroxylation is 1. The van der Waals surface area contributed by atoms with Gasteiger partial charge in [0.2, 0.25) is 0 Å². The Kier molecular flexibility index (Phi) is 3.64. The van der Waals surface area contributed by atoms with E-state index in [1.54, 1.807) is 6.33 Å². The quantitative estimate of drug-likeness (QED) is 0.639. The monoisotopic (exact) mass is 197 g/mol. The molecule has 4 N–H and O–H groups in total. The number of imidazole rings is 1. The van der Waals surface area contributed by atoms with E-state index < -0.39 is 5.97 Å². The van der Waals surface area contributed by atoms with E-state index in [2.05, 4.69) is 9.97 Å². The van der Waals surface area contributed by atoms with Gasteiger partial charge in [-0.15, -0.1) is 0 Å². The minimum absolute atomic E-state index is 0.116. The molecule has 1 aromatic heterocycles. The zero-order valence-electron chi connectivity index (χ0n) is 8.16. The predicted octanol–water partition coefficient (Wildman–Crippen LogP) is 0.453. The average molecular weight is 197 g/mol. The van der Waals surface area contributed by atoms with Crippen molar-refractivity contribution in [2.75, 3.05) is 0 Å². The number of carbonyl (C=O) groups is 1. The van der Waals surface area contributed by atoms with E-state index in [-0.39, 0.29) is 12.5 Å². The highest BCUT2D eigenvalue weighted by molar-refractivity contribution is 5.66. The molecule has 1 aromatic rings. The third kappa shape index (κ3) is 3.18. The number of hydrogen-bond acceptors (Lipinski definition) is 3. The van der Waals surface area contributed by atoms with Crippen LogP contribution in [0.3, 0.4) is 0 Å². The zero-order chi connectivity index (χ0) is 10.6. The first-order valence-electron chi connectivity index (χ1n) is 4.56. The fourth-order valence-corrected chi connectivity index (χ4v) is 1.25. The van der Waals surface area contributed by atoms with Crippen molar-refractivity contribution in [1.82, 2.24) is 9.97 Å². The fraction of sp³-hybridized carbons (Fsp3) is 0.556. The number of aliphatic carboxylic acids is 1. The lowest BCUT2D eigenvalue weighted by Gasteiger charge is -2.08. The maximum atomic E-state index is 10.3. The molecule has 0 bridgehead atoms. The summed E-state index contributed by atoms with van der Waals surface area (Å²) < 4.78 is 0. The van der Waals surface area contributed by atoms with Crippen LogP contribution in [0.5, 0.6) is 0 Å². The molecule has 1 unspecified atom stereocenters. The van der Waals surface area contributed by atoms with Gasteiger partial charge in [0, 0.05) is 24.6 Å². The lowest BCUT2D eigenvalue weighted by molar-refractivity contribution is -0.137. The third-order valence-corrected chi connectivity index (χ3v) is 2.12. The van der Waals surface area contributed by atoms with Crippen molar-refractivity contribution >= 4 is 5.97 Å². The minimum atomic E-state index is -0.806. The first-order valence-corrected chi connectivity index (χ1v) is 4.56. The Hall–Kier alpha value is -1.36. The maximum absolute atomic E-state index is 10.3. The molecule has 14 heavy (non-hydrogen) atoms. The molecule has 0 aliphatic heterocycles. The van der Waals surface area contributed by atoms with Crippen LogP contribution in [0.4, 0.5) is 0 Å². The average Bonchev–Trinajstić information content (AvgIpc) is 2.49. The zero-order valence-corrected chi connectivity index (χ0v) is 8.16. The number of nitrogens with two attached hydrogens (primary N) is 1. The topological polar surface area (TPSA) is 92.0 Å². The molecule has 78 valence electrons. The Morgan fingerprint density at radius 3 is 3.00 bits per heavy atom. The molecule has 0 aromatic carbocycles. The Bertz CT molecular complexity index is 309. The van der Waals surface area contributed by atoms with Crippen LogP contribution in [-0.2, 0) is 11.2 Å². The lowest BCUT2D eigenvalue weighted by Crippen LogP contribution is -2.24. The number of rotatable bonds is 5. The predicted molar refractivity (Wildman–Crippen MR) is 51.9 cm³/mol. The highest BCUT2D eigenvalue weighted by Crippen LogP contribution is 2.06. The molecule has 5 heteroatoms. The van der Waals surface area contributed by atoms with Crippen LogP contribution < -0.4 is 5.73 Å². The summed E-state index contributed by atoms with van der Waals surface area (Å²) in [6.45, 7) is 1.92. The van der Waals surface area contributed by atoms with E-state index >= 15 is 0 Å². The van der Waals surface area contributed by atoms with Gasteiger partial charge in [-0.2, -0.15) is 0 Å². The molecular formula is C9H15N3O2. The van der Waals surface area contributed by atoms with Crippen LogP contribution in [0.1, 0.15) is 24.2 Å². The van der Waals surface area contributed by atoms with Crippen molar-refractivity contribution in [3.05, 3.63) is 17.7 Å². The van der Waals surface area contributed by atoms with E-state index in [1.165, 1.54) is 0 Å². The first kappa shape index (κ1) is 10.7. The van der Waals surface area contributed by atoms with Gasteiger partial charge >= 0.3 is 5.97 Å². The molecule has 1 atom stereocenters. The van der Waals surface area contributed by atoms with Crippen LogP contribution in [0, 0.1) is 6.92 Å². The summed E-state index contributed by atoms with van der Waals surface area (Å²) in [6, 6.07) is -0.131.